The second kappa shape index (κ2) is 10.4. The first kappa shape index (κ1) is 21.4. The number of amides is 1. The lowest BCUT2D eigenvalue weighted by atomic mass is 9.91. The Morgan fingerprint density at radius 1 is 1.28 bits per heavy atom. The van der Waals surface area contributed by atoms with Crippen molar-refractivity contribution in [2.75, 3.05) is 19.6 Å². The number of carbonyl (C=O) groups is 2. The average Bonchev–Trinajstić information content (AvgIpc) is 3.14. The summed E-state index contributed by atoms with van der Waals surface area (Å²) in [5.74, 6) is 0.114. The first-order valence-corrected chi connectivity index (χ1v) is 8.66. The molecule has 2 heterocycles. The quantitative estimate of drug-likeness (QED) is 0.688. The zero-order valence-electron chi connectivity index (χ0n) is 14.9. The summed E-state index contributed by atoms with van der Waals surface area (Å²) < 4.78 is 1.83. The fraction of sp³-hybridized carbons (Fsp3) is 0.706. The summed E-state index contributed by atoms with van der Waals surface area (Å²) in [6.45, 7) is 7.18. The van der Waals surface area contributed by atoms with Crippen LogP contribution in [-0.4, -0.2) is 57.3 Å². The van der Waals surface area contributed by atoms with Gasteiger partial charge < -0.3 is 15.3 Å². The van der Waals surface area contributed by atoms with Gasteiger partial charge in [0.15, 0.2) is 0 Å². The summed E-state index contributed by atoms with van der Waals surface area (Å²) in [7, 11) is 0. The van der Waals surface area contributed by atoms with Gasteiger partial charge in [-0.15, -0.1) is 12.4 Å². The molecule has 0 bridgehead atoms. The number of halogens is 1. The number of aryl methyl sites for hydroxylation is 1. The largest absolute Gasteiger partial charge is 0.481 e. The number of nitrogens with zero attached hydrogens (tertiary/aromatic N) is 3. The molecule has 0 unspecified atom stereocenters. The summed E-state index contributed by atoms with van der Waals surface area (Å²) in [4.78, 5) is 25.1. The van der Waals surface area contributed by atoms with Gasteiger partial charge in [-0.05, 0) is 24.3 Å². The van der Waals surface area contributed by atoms with Crippen LogP contribution >= 0.6 is 12.4 Å². The second-order valence-corrected chi connectivity index (χ2v) is 6.86. The Morgan fingerprint density at radius 2 is 2.04 bits per heavy atom. The number of rotatable bonds is 9. The number of carbonyl (C=O) groups excluding carboxylic acids is 1. The maximum atomic E-state index is 12.2. The van der Waals surface area contributed by atoms with Crippen molar-refractivity contribution < 1.29 is 14.7 Å². The van der Waals surface area contributed by atoms with Crippen LogP contribution in [-0.2, 0) is 16.1 Å². The van der Waals surface area contributed by atoms with Crippen LogP contribution in [0.25, 0.3) is 0 Å². The maximum Gasteiger partial charge on any atom is 0.304 e. The molecule has 0 aromatic carbocycles. The minimum Gasteiger partial charge on any atom is -0.481 e. The lowest BCUT2D eigenvalue weighted by molar-refractivity contribution is -0.137. The summed E-state index contributed by atoms with van der Waals surface area (Å²) >= 11 is 0. The van der Waals surface area contributed by atoms with Gasteiger partial charge in [0, 0.05) is 51.0 Å². The number of nitrogens with one attached hydrogen (secondary N) is 1. The van der Waals surface area contributed by atoms with E-state index in [9.17, 15) is 9.59 Å². The Morgan fingerprint density at radius 3 is 2.64 bits per heavy atom. The molecule has 1 aromatic heterocycles. The molecule has 1 aliphatic rings. The van der Waals surface area contributed by atoms with Crippen molar-refractivity contribution in [2.45, 2.75) is 45.7 Å². The van der Waals surface area contributed by atoms with Crippen LogP contribution in [0.5, 0.6) is 0 Å². The zero-order chi connectivity index (χ0) is 17.5. The van der Waals surface area contributed by atoms with E-state index in [-0.39, 0.29) is 30.8 Å². The standard InChI is InChI=1S/C17H28N4O3.ClH/c1-13(2)14-11-20(10-6-17(23)24)12-15(14)19-16(22)5-3-8-21-9-4-7-18-21;/h4,7,9,13-15H,3,5-6,8,10-12H2,1-2H3,(H,19,22)(H,23,24);1H/t14-,15+;/m1./s1. The van der Waals surface area contributed by atoms with Crippen molar-refractivity contribution in [3.63, 3.8) is 0 Å². The van der Waals surface area contributed by atoms with Gasteiger partial charge in [0.2, 0.25) is 5.91 Å². The predicted molar refractivity (Wildman–Crippen MR) is 97.7 cm³/mol. The molecular weight excluding hydrogens is 344 g/mol. The van der Waals surface area contributed by atoms with E-state index in [0.29, 0.717) is 24.8 Å². The van der Waals surface area contributed by atoms with Crippen LogP contribution in [0.3, 0.4) is 0 Å². The minimum atomic E-state index is -0.776. The zero-order valence-corrected chi connectivity index (χ0v) is 15.7. The van der Waals surface area contributed by atoms with Gasteiger partial charge in [-0.3, -0.25) is 14.3 Å². The maximum absolute atomic E-state index is 12.2. The Labute approximate surface area is 155 Å². The predicted octanol–water partition coefficient (Wildman–Crippen LogP) is 1.63. The molecule has 1 fully saturated rings. The van der Waals surface area contributed by atoms with Gasteiger partial charge in [0.25, 0.3) is 0 Å². The minimum absolute atomic E-state index is 0. The van der Waals surface area contributed by atoms with Crippen molar-refractivity contribution in [3.05, 3.63) is 18.5 Å². The Bertz CT molecular complexity index is 536. The van der Waals surface area contributed by atoms with Gasteiger partial charge in [-0.2, -0.15) is 5.10 Å². The van der Waals surface area contributed by atoms with Crippen molar-refractivity contribution >= 4 is 24.3 Å². The van der Waals surface area contributed by atoms with E-state index in [1.54, 1.807) is 6.20 Å². The van der Waals surface area contributed by atoms with Gasteiger partial charge in [-0.1, -0.05) is 13.8 Å². The molecule has 1 amide bonds. The van der Waals surface area contributed by atoms with E-state index in [4.69, 9.17) is 5.11 Å². The number of likely N-dealkylation sites (tertiary alicyclic amines) is 1. The van der Waals surface area contributed by atoms with Gasteiger partial charge in [0.1, 0.15) is 0 Å². The highest BCUT2D eigenvalue weighted by molar-refractivity contribution is 5.85. The molecule has 2 rings (SSSR count). The number of aromatic nitrogens is 2. The van der Waals surface area contributed by atoms with E-state index in [0.717, 1.165) is 26.1 Å². The number of hydrogen-bond acceptors (Lipinski definition) is 4. The van der Waals surface area contributed by atoms with Crippen molar-refractivity contribution in [3.8, 4) is 0 Å². The smallest absolute Gasteiger partial charge is 0.304 e. The molecule has 1 aliphatic heterocycles. The van der Waals surface area contributed by atoms with Crippen LogP contribution in [0.2, 0.25) is 0 Å². The number of aliphatic carboxylic acids is 1. The molecule has 1 saturated heterocycles. The molecule has 0 aliphatic carbocycles. The van der Waals surface area contributed by atoms with Crippen LogP contribution in [0.15, 0.2) is 18.5 Å². The van der Waals surface area contributed by atoms with Gasteiger partial charge in [0.05, 0.1) is 6.42 Å². The van der Waals surface area contributed by atoms with Crippen LogP contribution in [0, 0.1) is 11.8 Å². The monoisotopic (exact) mass is 372 g/mol. The molecule has 0 spiro atoms. The molecule has 142 valence electrons. The molecule has 0 saturated carbocycles. The lowest BCUT2D eigenvalue weighted by Gasteiger charge is -2.23. The summed E-state index contributed by atoms with van der Waals surface area (Å²) in [5, 5.41) is 16.1. The first-order chi connectivity index (χ1) is 11.5. The third kappa shape index (κ3) is 7.04. The van der Waals surface area contributed by atoms with E-state index in [2.05, 4.69) is 29.2 Å². The van der Waals surface area contributed by atoms with Gasteiger partial charge in [-0.25, -0.2) is 0 Å². The molecule has 1 aromatic rings. The third-order valence-corrected chi connectivity index (χ3v) is 4.64. The van der Waals surface area contributed by atoms with Gasteiger partial charge >= 0.3 is 5.97 Å². The van der Waals surface area contributed by atoms with Crippen molar-refractivity contribution in [1.82, 2.24) is 20.0 Å². The van der Waals surface area contributed by atoms with Crippen LogP contribution in [0.4, 0.5) is 0 Å². The molecule has 25 heavy (non-hydrogen) atoms. The number of carboxylic acids is 1. The Kier molecular flexibility index (Phi) is 8.92. The van der Waals surface area contributed by atoms with Crippen LogP contribution in [0.1, 0.15) is 33.1 Å². The molecule has 2 N–H and O–H groups in total. The van der Waals surface area contributed by atoms with E-state index >= 15 is 0 Å². The van der Waals surface area contributed by atoms with Crippen molar-refractivity contribution in [2.24, 2.45) is 11.8 Å². The third-order valence-electron chi connectivity index (χ3n) is 4.64. The van der Waals surface area contributed by atoms with E-state index < -0.39 is 5.97 Å². The van der Waals surface area contributed by atoms with E-state index in [1.807, 2.05) is 16.9 Å². The SMILES string of the molecule is CC(C)[C@H]1CN(CCC(=O)O)C[C@@H]1NC(=O)CCCn1cccn1.Cl. The Hall–Kier alpha value is -1.60. The fourth-order valence-corrected chi connectivity index (χ4v) is 3.29. The highest BCUT2D eigenvalue weighted by Crippen LogP contribution is 2.24. The van der Waals surface area contributed by atoms with E-state index in [1.165, 1.54) is 0 Å². The molecule has 2 atom stereocenters. The molecule has 7 nitrogen and oxygen atoms in total. The summed E-state index contributed by atoms with van der Waals surface area (Å²) in [6, 6.07) is 1.98. The highest BCUT2D eigenvalue weighted by atomic mass is 35.5. The highest BCUT2D eigenvalue weighted by Gasteiger charge is 2.35. The lowest BCUT2D eigenvalue weighted by Crippen LogP contribution is -2.42. The van der Waals surface area contributed by atoms with Crippen LogP contribution < -0.4 is 5.32 Å². The molecule has 0 radical (unpaired) electrons. The number of carboxylic acid groups (broad SMARTS) is 1. The Balaban J connectivity index is 0.00000312. The second-order valence-electron chi connectivity index (χ2n) is 6.86. The topological polar surface area (TPSA) is 87.5 Å². The fourth-order valence-electron chi connectivity index (χ4n) is 3.29. The first-order valence-electron chi connectivity index (χ1n) is 8.66. The molecule has 8 heteroatoms. The normalized spacial score (nSPS) is 20.4. The number of hydrogen-bond donors (Lipinski definition) is 2. The van der Waals surface area contributed by atoms with Crippen molar-refractivity contribution in [1.29, 1.82) is 0 Å². The average molecular weight is 373 g/mol. The molecular formula is C17H29ClN4O3. The summed E-state index contributed by atoms with van der Waals surface area (Å²) in [6.07, 6.45) is 5.02. The summed E-state index contributed by atoms with van der Waals surface area (Å²) in [5.41, 5.74) is 0.